The third-order valence-electron chi connectivity index (χ3n) is 5.32. The molecule has 0 spiro atoms. The quantitative estimate of drug-likeness (QED) is 0.272. The molecule has 0 aliphatic carbocycles. The first kappa shape index (κ1) is 23.4. The Balaban J connectivity index is 1.49. The number of thioether (sulfide) groups is 1. The standard InChI is InChI=1S/C27H17Cl2FN2O2S/c28-21-6-3-7-22(25(21)29)31-27-32-26(33)24(35-27)14-20-19-5-2-1-4-17(19)10-13-23(20)34-15-16-8-11-18(30)12-9-16/h1-14H,15H2,(H,31,32,33)/b24-14+. The summed E-state index contributed by atoms with van der Waals surface area (Å²) in [5.74, 6) is 0.0344. The van der Waals surface area contributed by atoms with Crippen LogP contribution in [-0.4, -0.2) is 11.1 Å². The molecule has 4 aromatic rings. The van der Waals surface area contributed by atoms with Gasteiger partial charge in [-0.15, -0.1) is 0 Å². The third kappa shape index (κ3) is 5.20. The highest BCUT2D eigenvalue weighted by Gasteiger charge is 2.25. The second kappa shape index (κ2) is 10.1. The van der Waals surface area contributed by atoms with E-state index in [1.165, 1.54) is 23.9 Å². The molecule has 1 aliphatic rings. The first-order valence-corrected chi connectivity index (χ1v) is 12.2. The SMILES string of the molecule is O=C1NC(=Nc2cccc(Cl)c2Cl)S/C1=C/c1c(OCc2ccc(F)cc2)ccc2ccccc12. The van der Waals surface area contributed by atoms with Gasteiger partial charge < -0.3 is 10.1 Å². The Kier molecular flexibility index (Phi) is 6.77. The Morgan fingerprint density at radius 1 is 0.971 bits per heavy atom. The topological polar surface area (TPSA) is 50.7 Å². The van der Waals surface area contributed by atoms with Crippen LogP contribution in [0.15, 0.2) is 88.8 Å². The number of nitrogens with zero attached hydrogens (tertiary/aromatic N) is 1. The fourth-order valence-electron chi connectivity index (χ4n) is 3.59. The summed E-state index contributed by atoms with van der Waals surface area (Å²) in [4.78, 5) is 17.7. The van der Waals surface area contributed by atoms with Crippen LogP contribution in [0.4, 0.5) is 10.1 Å². The number of nitrogens with one attached hydrogen (secondary N) is 1. The highest BCUT2D eigenvalue weighted by atomic mass is 35.5. The fourth-order valence-corrected chi connectivity index (χ4v) is 4.75. The van der Waals surface area contributed by atoms with E-state index in [-0.39, 0.29) is 18.3 Å². The zero-order valence-corrected chi connectivity index (χ0v) is 20.4. The molecule has 35 heavy (non-hydrogen) atoms. The van der Waals surface area contributed by atoms with Gasteiger partial charge in [0, 0.05) is 5.56 Å². The predicted molar refractivity (Wildman–Crippen MR) is 142 cm³/mol. The Morgan fingerprint density at radius 3 is 2.60 bits per heavy atom. The van der Waals surface area contributed by atoms with E-state index in [1.54, 1.807) is 36.4 Å². The van der Waals surface area contributed by atoms with E-state index in [9.17, 15) is 9.18 Å². The molecule has 0 aromatic heterocycles. The number of halogens is 3. The molecule has 1 amide bonds. The van der Waals surface area contributed by atoms with Crippen molar-refractivity contribution in [1.29, 1.82) is 0 Å². The molecule has 0 atom stereocenters. The van der Waals surface area contributed by atoms with E-state index in [0.717, 1.165) is 21.9 Å². The minimum absolute atomic E-state index is 0.258. The lowest BCUT2D eigenvalue weighted by Gasteiger charge is -2.12. The van der Waals surface area contributed by atoms with Crippen molar-refractivity contribution in [2.24, 2.45) is 4.99 Å². The molecule has 1 N–H and O–H groups in total. The van der Waals surface area contributed by atoms with Crippen LogP contribution >= 0.6 is 35.0 Å². The van der Waals surface area contributed by atoms with Gasteiger partial charge in [0.1, 0.15) is 18.2 Å². The molecule has 0 unspecified atom stereocenters. The van der Waals surface area contributed by atoms with Gasteiger partial charge in [-0.3, -0.25) is 4.79 Å². The van der Waals surface area contributed by atoms with Crippen LogP contribution < -0.4 is 10.1 Å². The van der Waals surface area contributed by atoms with E-state index in [0.29, 0.717) is 31.6 Å². The molecule has 0 bridgehead atoms. The fraction of sp³-hybridized carbons (Fsp3) is 0.0370. The highest BCUT2D eigenvalue weighted by molar-refractivity contribution is 8.18. The maximum absolute atomic E-state index is 13.3. The lowest BCUT2D eigenvalue weighted by molar-refractivity contribution is -0.115. The van der Waals surface area contributed by atoms with Crippen molar-refractivity contribution in [2.75, 3.05) is 0 Å². The van der Waals surface area contributed by atoms with E-state index < -0.39 is 0 Å². The maximum atomic E-state index is 13.3. The summed E-state index contributed by atoms with van der Waals surface area (Å²) < 4.78 is 19.3. The predicted octanol–water partition coefficient (Wildman–Crippen LogP) is 7.76. The number of hydrogen-bond donors (Lipinski definition) is 1. The van der Waals surface area contributed by atoms with E-state index in [4.69, 9.17) is 27.9 Å². The molecular weight excluding hydrogens is 506 g/mol. The summed E-state index contributed by atoms with van der Waals surface area (Å²) in [6, 6.07) is 23.0. The Hall–Kier alpha value is -3.32. The lowest BCUT2D eigenvalue weighted by Crippen LogP contribution is -2.19. The smallest absolute Gasteiger partial charge is 0.264 e. The molecule has 5 rings (SSSR count). The van der Waals surface area contributed by atoms with Crippen LogP contribution in [0.5, 0.6) is 5.75 Å². The Labute approximate surface area is 215 Å². The Bertz CT molecular complexity index is 1500. The zero-order valence-electron chi connectivity index (χ0n) is 18.1. The van der Waals surface area contributed by atoms with Gasteiger partial charge >= 0.3 is 0 Å². The monoisotopic (exact) mass is 522 g/mol. The normalized spacial score (nSPS) is 15.7. The lowest BCUT2D eigenvalue weighted by atomic mass is 10.0. The van der Waals surface area contributed by atoms with Gasteiger partial charge in [0.2, 0.25) is 0 Å². The molecule has 8 heteroatoms. The molecule has 4 nitrogen and oxygen atoms in total. The Morgan fingerprint density at radius 2 is 1.77 bits per heavy atom. The van der Waals surface area contributed by atoms with Crippen LogP contribution in [-0.2, 0) is 11.4 Å². The summed E-state index contributed by atoms with van der Waals surface area (Å²) in [7, 11) is 0. The minimum Gasteiger partial charge on any atom is -0.488 e. The molecule has 1 aliphatic heterocycles. The number of rotatable bonds is 5. The summed E-state index contributed by atoms with van der Waals surface area (Å²) in [6.07, 6.45) is 1.80. The van der Waals surface area contributed by atoms with Crippen molar-refractivity contribution in [3.05, 3.63) is 111 Å². The zero-order chi connectivity index (χ0) is 24.4. The van der Waals surface area contributed by atoms with E-state index in [2.05, 4.69) is 10.3 Å². The number of amidine groups is 1. The molecule has 174 valence electrons. The number of carbonyl (C=O) groups excluding carboxylic acids is 1. The van der Waals surface area contributed by atoms with Gasteiger partial charge in [-0.25, -0.2) is 9.38 Å². The van der Waals surface area contributed by atoms with Crippen LogP contribution in [0, 0.1) is 5.82 Å². The number of aliphatic imine (C=N–C) groups is 1. The van der Waals surface area contributed by atoms with Gasteiger partial charge in [0.05, 0.1) is 20.6 Å². The molecule has 0 radical (unpaired) electrons. The third-order valence-corrected chi connectivity index (χ3v) is 7.04. The van der Waals surface area contributed by atoms with Crippen molar-refractivity contribution in [1.82, 2.24) is 5.32 Å². The first-order chi connectivity index (χ1) is 17.0. The average molecular weight is 523 g/mol. The highest BCUT2D eigenvalue weighted by Crippen LogP contribution is 2.37. The van der Waals surface area contributed by atoms with Gasteiger partial charge in [-0.2, -0.15) is 0 Å². The van der Waals surface area contributed by atoms with Gasteiger partial charge in [0.25, 0.3) is 5.91 Å². The first-order valence-electron chi connectivity index (χ1n) is 10.6. The number of ether oxygens (including phenoxy) is 1. The van der Waals surface area contributed by atoms with E-state index >= 15 is 0 Å². The number of benzene rings is 4. The molecule has 1 saturated heterocycles. The summed E-state index contributed by atoms with van der Waals surface area (Å²) in [5.41, 5.74) is 2.07. The van der Waals surface area contributed by atoms with Gasteiger partial charge in [-0.05, 0) is 64.5 Å². The van der Waals surface area contributed by atoms with Crippen LogP contribution in [0.25, 0.3) is 16.8 Å². The van der Waals surface area contributed by atoms with Crippen molar-refractivity contribution >= 4 is 68.6 Å². The number of fused-ring (bicyclic) bond motifs is 1. The summed E-state index contributed by atoms with van der Waals surface area (Å²) in [5, 5.41) is 5.83. The van der Waals surface area contributed by atoms with Gasteiger partial charge in [0.15, 0.2) is 5.17 Å². The molecule has 4 aromatic carbocycles. The second-order valence-electron chi connectivity index (χ2n) is 7.67. The largest absolute Gasteiger partial charge is 0.488 e. The van der Waals surface area contributed by atoms with Gasteiger partial charge in [-0.1, -0.05) is 71.7 Å². The van der Waals surface area contributed by atoms with Crippen molar-refractivity contribution in [3.8, 4) is 5.75 Å². The van der Waals surface area contributed by atoms with E-state index in [1.807, 2.05) is 36.4 Å². The molecule has 1 fully saturated rings. The number of hydrogen-bond acceptors (Lipinski definition) is 4. The average Bonchev–Trinajstić information content (AvgIpc) is 3.21. The van der Waals surface area contributed by atoms with Crippen LogP contribution in [0.2, 0.25) is 10.0 Å². The van der Waals surface area contributed by atoms with Crippen LogP contribution in [0.3, 0.4) is 0 Å². The number of amides is 1. The minimum atomic E-state index is -0.300. The second-order valence-corrected chi connectivity index (χ2v) is 9.48. The molecule has 1 heterocycles. The van der Waals surface area contributed by atoms with Crippen LogP contribution in [0.1, 0.15) is 11.1 Å². The maximum Gasteiger partial charge on any atom is 0.264 e. The van der Waals surface area contributed by atoms with Crippen molar-refractivity contribution in [3.63, 3.8) is 0 Å². The molecular formula is C27H17Cl2FN2O2S. The van der Waals surface area contributed by atoms with Crippen molar-refractivity contribution < 1.29 is 13.9 Å². The summed E-state index contributed by atoms with van der Waals surface area (Å²) in [6.45, 7) is 0.258. The molecule has 0 saturated carbocycles. The summed E-state index contributed by atoms with van der Waals surface area (Å²) >= 11 is 13.5. The number of carbonyl (C=O) groups is 1. The van der Waals surface area contributed by atoms with Crippen molar-refractivity contribution in [2.45, 2.75) is 6.61 Å².